The maximum atomic E-state index is 8.44. The number of carboxylic acid groups (broad SMARTS) is 2. The van der Waals surface area contributed by atoms with Crippen molar-refractivity contribution in [2.45, 2.75) is 4.30 Å². The number of alkyl halides is 3. The molecule has 0 rings (SSSR count). The first-order chi connectivity index (χ1) is 3.46. The predicted molar refractivity (Wildman–Crippen MR) is 29.4 cm³/mol. The van der Waals surface area contributed by atoms with Crippen LogP contribution in [0.1, 0.15) is 0 Å². The van der Waals surface area contributed by atoms with Gasteiger partial charge < -0.3 is 15.0 Å². The maximum absolute atomic E-state index is 8.44. The Morgan fingerprint density at radius 1 is 1.44 bits per heavy atom. The zero-order chi connectivity index (χ0) is 7.15. The molecule has 0 aliphatic carbocycles. The van der Waals surface area contributed by atoms with Crippen molar-refractivity contribution in [3.05, 3.63) is 0 Å². The molecule has 0 aliphatic heterocycles. The van der Waals surface area contributed by atoms with Crippen molar-refractivity contribution in [3.8, 4) is 0 Å². The molecule has 0 saturated heterocycles. The first-order valence-corrected chi connectivity index (χ1v) is 2.60. The van der Waals surface area contributed by atoms with Crippen LogP contribution in [0.25, 0.3) is 0 Å². The van der Waals surface area contributed by atoms with Crippen LogP contribution in [0.3, 0.4) is 0 Å². The Kier molecular flexibility index (Phi) is 21.9. The van der Waals surface area contributed by atoms with Gasteiger partial charge in [0.05, 0.1) is 0 Å². The van der Waals surface area contributed by atoms with Gasteiger partial charge in [0.1, 0.15) is 0 Å². The summed E-state index contributed by atoms with van der Waals surface area (Å²) in [6.07, 6.45) is -2.08. The molecule has 0 unspecified atom stereocenters. The normalized spacial score (nSPS) is 6.67. The summed E-state index contributed by atoms with van der Waals surface area (Å²) in [5.41, 5.74) is 0. The van der Waals surface area contributed by atoms with Gasteiger partial charge in [0.15, 0.2) is 4.30 Å². The van der Waals surface area contributed by atoms with Gasteiger partial charge in [-0.05, 0) is 0 Å². The average Bonchev–Trinajstić information content (AvgIpc) is 1.25. The second kappa shape index (κ2) is 11.9. The Labute approximate surface area is 89.2 Å². The summed E-state index contributed by atoms with van der Waals surface area (Å²) in [6.45, 7) is 0. The van der Waals surface area contributed by atoms with E-state index in [1.165, 1.54) is 0 Å². The zero-order valence-electron chi connectivity index (χ0n) is 4.47. The maximum Gasteiger partial charge on any atom is 1.00 e. The van der Waals surface area contributed by atoms with Crippen LogP contribution >= 0.6 is 34.8 Å². The minimum absolute atomic E-state index is 0. The minimum atomic E-state index is -2.08. The summed E-state index contributed by atoms with van der Waals surface area (Å²) in [5.74, 6) is 0. The van der Waals surface area contributed by atoms with E-state index in [2.05, 4.69) is 0 Å². The average molecular weight is 203 g/mol. The summed E-state index contributed by atoms with van der Waals surface area (Å²) in [7, 11) is 0. The van der Waals surface area contributed by atoms with E-state index in [0.717, 1.165) is 0 Å². The molecular formula is C2H2Cl3NaO3. The summed E-state index contributed by atoms with van der Waals surface area (Å²) in [4.78, 5) is 8.44. The van der Waals surface area contributed by atoms with Crippen LogP contribution < -0.4 is 34.7 Å². The summed E-state index contributed by atoms with van der Waals surface area (Å²) in [5, 5.41) is 15.3. The van der Waals surface area contributed by atoms with Crippen LogP contribution in [-0.2, 0) is 0 Å². The van der Waals surface area contributed by atoms with E-state index in [-0.39, 0.29) is 29.6 Å². The molecule has 9 heavy (non-hydrogen) atoms. The van der Waals surface area contributed by atoms with Gasteiger partial charge >= 0.3 is 29.6 Å². The molecule has 0 saturated carbocycles. The van der Waals surface area contributed by atoms with Crippen LogP contribution in [0.2, 0.25) is 0 Å². The van der Waals surface area contributed by atoms with E-state index in [4.69, 9.17) is 49.8 Å². The van der Waals surface area contributed by atoms with E-state index < -0.39 is 10.5 Å². The molecule has 0 aromatic rings. The first kappa shape index (κ1) is 16.6. The van der Waals surface area contributed by atoms with Gasteiger partial charge in [-0.1, -0.05) is 34.8 Å². The molecule has 0 aromatic carbocycles. The summed E-state index contributed by atoms with van der Waals surface area (Å²) in [6, 6.07) is 0. The second-order valence-corrected chi connectivity index (χ2v) is 2.49. The van der Waals surface area contributed by atoms with Crippen LogP contribution in [0.15, 0.2) is 0 Å². The van der Waals surface area contributed by atoms with Crippen LogP contribution in [0, 0.1) is 0 Å². The Balaban J connectivity index is -0.0000000720. The number of halogens is 3. The molecular weight excluding hydrogens is 201 g/mol. The van der Waals surface area contributed by atoms with Crippen LogP contribution in [0.4, 0.5) is 4.79 Å². The van der Waals surface area contributed by atoms with Gasteiger partial charge in [0.25, 0.3) is 0 Å². The van der Waals surface area contributed by atoms with Gasteiger partial charge in [-0.3, -0.25) is 0 Å². The topological polar surface area (TPSA) is 60.4 Å². The standard InChI is InChI=1S/CHCl3.CH2O3.Na/c2*2-1(3)4;/h1H;(H2,2,3,4);/q;;+1/p-1. The van der Waals surface area contributed by atoms with Crippen LogP contribution in [0.5, 0.6) is 0 Å². The third kappa shape index (κ3) is 359. The quantitative estimate of drug-likeness (QED) is 0.362. The Bertz CT molecular complexity index is 61.3. The van der Waals surface area contributed by atoms with E-state index in [0.29, 0.717) is 0 Å². The molecule has 1 N–H and O–H groups in total. The molecule has 0 bridgehead atoms. The molecule has 0 aliphatic rings. The fourth-order valence-electron chi connectivity index (χ4n) is 0. The largest absolute Gasteiger partial charge is 1.00 e. The monoisotopic (exact) mass is 202 g/mol. The third-order valence-electron chi connectivity index (χ3n) is 0. The van der Waals surface area contributed by atoms with Crippen molar-refractivity contribution in [2.24, 2.45) is 0 Å². The van der Waals surface area contributed by atoms with Gasteiger partial charge in [-0.15, -0.1) is 0 Å². The number of hydrogen-bond donors (Lipinski definition) is 1. The number of rotatable bonds is 0. The summed E-state index contributed by atoms with van der Waals surface area (Å²) < 4.78 is -0.750. The Morgan fingerprint density at radius 2 is 1.44 bits per heavy atom. The number of carbonyl (C=O) groups is 1. The zero-order valence-corrected chi connectivity index (χ0v) is 8.74. The molecule has 0 atom stereocenters. The van der Waals surface area contributed by atoms with Crippen molar-refractivity contribution in [3.63, 3.8) is 0 Å². The van der Waals surface area contributed by atoms with Gasteiger partial charge in [-0.25, -0.2) is 0 Å². The molecule has 0 spiro atoms. The fraction of sp³-hybridized carbons (Fsp3) is 0.500. The molecule has 0 aromatic heterocycles. The summed E-state index contributed by atoms with van der Waals surface area (Å²) >= 11 is 14.4. The van der Waals surface area contributed by atoms with Gasteiger partial charge in [-0.2, -0.15) is 0 Å². The molecule has 0 radical (unpaired) electrons. The van der Waals surface area contributed by atoms with Crippen molar-refractivity contribution in [2.75, 3.05) is 0 Å². The fourth-order valence-corrected chi connectivity index (χ4v) is 0. The molecule has 0 amide bonds. The van der Waals surface area contributed by atoms with Crippen molar-refractivity contribution >= 4 is 41.0 Å². The van der Waals surface area contributed by atoms with Gasteiger partial charge in [0, 0.05) is 0 Å². The van der Waals surface area contributed by atoms with E-state index in [1.807, 2.05) is 0 Å². The molecule has 7 heteroatoms. The Morgan fingerprint density at radius 3 is 1.44 bits per heavy atom. The second-order valence-electron chi connectivity index (χ2n) is 0.513. The first-order valence-electron chi connectivity index (χ1n) is 1.29. The smallest absolute Gasteiger partial charge is 0.565 e. The molecule has 0 fully saturated rings. The molecule has 3 nitrogen and oxygen atoms in total. The van der Waals surface area contributed by atoms with E-state index in [9.17, 15) is 0 Å². The number of hydrogen-bond acceptors (Lipinski definition) is 2. The predicted octanol–water partition coefficient (Wildman–Crippen LogP) is -2.12. The molecule has 0 heterocycles. The Hall–Kier alpha value is 1.14. The van der Waals surface area contributed by atoms with Crippen molar-refractivity contribution < 1.29 is 44.6 Å². The van der Waals surface area contributed by atoms with E-state index in [1.54, 1.807) is 0 Å². The SMILES string of the molecule is ClC(Cl)Cl.O=C([O-])O.[Na+]. The third-order valence-corrected chi connectivity index (χ3v) is 0. The van der Waals surface area contributed by atoms with E-state index >= 15 is 0 Å². The van der Waals surface area contributed by atoms with Crippen molar-refractivity contribution in [1.29, 1.82) is 0 Å². The minimum Gasteiger partial charge on any atom is -0.565 e. The van der Waals surface area contributed by atoms with Crippen molar-refractivity contribution in [1.82, 2.24) is 0 Å². The van der Waals surface area contributed by atoms with Crippen LogP contribution in [-0.4, -0.2) is 15.6 Å². The molecule has 50 valence electrons. The van der Waals surface area contributed by atoms with Gasteiger partial charge in [0.2, 0.25) is 6.16 Å².